The Bertz CT molecular complexity index is 1030. The van der Waals surface area contributed by atoms with E-state index in [1.165, 1.54) is 26.9 Å². The molecule has 0 aliphatic heterocycles. The molecule has 0 aliphatic rings. The maximum atomic E-state index is 6.00. The summed E-state index contributed by atoms with van der Waals surface area (Å²) in [5, 5.41) is 12.7. The third-order valence-corrected chi connectivity index (χ3v) is 6.68. The van der Waals surface area contributed by atoms with Crippen LogP contribution in [0.5, 0.6) is 0 Å². The molecule has 122 valence electrons. The molecule has 4 aromatic heterocycles. The minimum absolute atomic E-state index is 0.618. The standard InChI is InChI=1S/C15H14N6S3/c1-7-8(2)23-13-11(7)14(24-15-20-19-9(3)21(15)16)18-12(17-13)10-5-4-6-22-10/h4-6H,16H2,1-3H3. The normalized spacial score (nSPS) is 11.5. The van der Waals surface area contributed by atoms with E-state index >= 15 is 0 Å². The van der Waals surface area contributed by atoms with Crippen LogP contribution in [0, 0.1) is 20.8 Å². The van der Waals surface area contributed by atoms with Crippen LogP contribution in [0.15, 0.2) is 27.7 Å². The maximum Gasteiger partial charge on any atom is 0.216 e. The van der Waals surface area contributed by atoms with E-state index in [1.54, 1.807) is 22.7 Å². The quantitative estimate of drug-likeness (QED) is 0.434. The second kappa shape index (κ2) is 5.83. The summed E-state index contributed by atoms with van der Waals surface area (Å²) in [6.45, 7) is 6.03. The van der Waals surface area contributed by atoms with Crippen molar-refractivity contribution in [2.45, 2.75) is 31.0 Å². The molecule has 0 saturated heterocycles. The first kappa shape index (κ1) is 15.6. The second-order valence-corrected chi connectivity index (χ2v) is 8.40. The maximum absolute atomic E-state index is 6.00. The summed E-state index contributed by atoms with van der Waals surface area (Å²) >= 11 is 4.75. The number of nitrogens with two attached hydrogens (primary N) is 1. The van der Waals surface area contributed by atoms with Crippen LogP contribution in [0.4, 0.5) is 0 Å². The molecule has 0 atom stereocenters. The molecule has 0 unspecified atom stereocenters. The molecule has 6 nitrogen and oxygen atoms in total. The van der Waals surface area contributed by atoms with E-state index < -0.39 is 0 Å². The monoisotopic (exact) mass is 374 g/mol. The van der Waals surface area contributed by atoms with Gasteiger partial charge in [0.05, 0.1) is 4.88 Å². The third-order valence-electron chi connectivity index (χ3n) is 3.76. The average Bonchev–Trinajstić information content (AvgIpc) is 3.26. The van der Waals surface area contributed by atoms with Gasteiger partial charge in [-0.15, -0.1) is 32.9 Å². The summed E-state index contributed by atoms with van der Waals surface area (Å²) in [7, 11) is 0. The van der Waals surface area contributed by atoms with Crippen LogP contribution in [-0.2, 0) is 0 Å². The SMILES string of the molecule is Cc1sc2nc(-c3cccs3)nc(Sc3nnc(C)n3N)c2c1C. The molecule has 4 rings (SSSR count). The highest BCUT2D eigenvalue weighted by molar-refractivity contribution is 7.99. The van der Waals surface area contributed by atoms with Crippen molar-refractivity contribution in [1.82, 2.24) is 24.8 Å². The van der Waals surface area contributed by atoms with Gasteiger partial charge < -0.3 is 5.84 Å². The molecule has 2 N–H and O–H groups in total. The van der Waals surface area contributed by atoms with E-state index in [4.69, 9.17) is 15.8 Å². The van der Waals surface area contributed by atoms with E-state index in [0.29, 0.717) is 11.0 Å². The molecule has 0 bridgehead atoms. The van der Waals surface area contributed by atoms with Gasteiger partial charge >= 0.3 is 0 Å². The average molecular weight is 375 g/mol. The van der Waals surface area contributed by atoms with Gasteiger partial charge in [-0.25, -0.2) is 14.6 Å². The van der Waals surface area contributed by atoms with Crippen molar-refractivity contribution in [3.05, 3.63) is 33.8 Å². The molecule has 4 aromatic rings. The predicted octanol–water partition coefficient (Wildman–Crippen LogP) is 3.80. The molecule has 24 heavy (non-hydrogen) atoms. The molecule has 0 radical (unpaired) electrons. The number of hydrogen-bond donors (Lipinski definition) is 1. The second-order valence-electron chi connectivity index (χ2n) is 5.29. The van der Waals surface area contributed by atoms with Gasteiger partial charge in [0.25, 0.3) is 0 Å². The number of aromatic nitrogens is 5. The van der Waals surface area contributed by atoms with Crippen LogP contribution in [-0.4, -0.2) is 24.8 Å². The van der Waals surface area contributed by atoms with E-state index in [0.717, 1.165) is 25.9 Å². The molecular weight excluding hydrogens is 360 g/mol. The number of thiophene rings is 2. The number of aryl methyl sites for hydroxylation is 3. The summed E-state index contributed by atoms with van der Waals surface area (Å²) in [6.07, 6.45) is 0. The molecule has 0 aromatic carbocycles. The van der Waals surface area contributed by atoms with Gasteiger partial charge in [0.1, 0.15) is 15.7 Å². The van der Waals surface area contributed by atoms with Gasteiger partial charge in [-0.05, 0) is 49.5 Å². The van der Waals surface area contributed by atoms with E-state index in [1.807, 2.05) is 24.4 Å². The van der Waals surface area contributed by atoms with Crippen LogP contribution >= 0.6 is 34.4 Å². The Morgan fingerprint density at radius 2 is 2.00 bits per heavy atom. The number of rotatable bonds is 3. The fourth-order valence-corrected chi connectivity index (χ4v) is 5.03. The van der Waals surface area contributed by atoms with Crippen molar-refractivity contribution < 1.29 is 0 Å². The van der Waals surface area contributed by atoms with Gasteiger partial charge in [0.15, 0.2) is 5.82 Å². The van der Waals surface area contributed by atoms with Crippen LogP contribution in [0.2, 0.25) is 0 Å². The number of nitrogen functional groups attached to an aromatic ring is 1. The number of nitrogens with zero attached hydrogens (tertiary/aromatic N) is 5. The van der Waals surface area contributed by atoms with Gasteiger partial charge in [-0.1, -0.05) is 6.07 Å². The molecule has 0 aliphatic carbocycles. The molecule has 9 heteroatoms. The topological polar surface area (TPSA) is 82.5 Å². The summed E-state index contributed by atoms with van der Waals surface area (Å²) < 4.78 is 1.48. The summed E-state index contributed by atoms with van der Waals surface area (Å²) in [5.41, 5.74) is 1.20. The zero-order valence-electron chi connectivity index (χ0n) is 13.3. The van der Waals surface area contributed by atoms with Gasteiger partial charge in [-0.2, -0.15) is 0 Å². The van der Waals surface area contributed by atoms with Crippen molar-refractivity contribution in [2.75, 3.05) is 5.84 Å². The van der Waals surface area contributed by atoms with Gasteiger partial charge in [0.2, 0.25) is 5.16 Å². The Hall–Kier alpha value is -1.97. The zero-order chi connectivity index (χ0) is 16.8. The first-order chi connectivity index (χ1) is 11.5. The van der Waals surface area contributed by atoms with Crippen molar-refractivity contribution in [3.63, 3.8) is 0 Å². The summed E-state index contributed by atoms with van der Waals surface area (Å²) in [5.74, 6) is 7.41. The minimum atomic E-state index is 0.618. The fourth-order valence-electron chi connectivity index (χ4n) is 2.31. The summed E-state index contributed by atoms with van der Waals surface area (Å²) in [6, 6.07) is 4.04. The molecule has 0 amide bonds. The van der Waals surface area contributed by atoms with E-state index in [9.17, 15) is 0 Å². The third kappa shape index (κ3) is 2.48. The minimum Gasteiger partial charge on any atom is -0.336 e. The van der Waals surface area contributed by atoms with Crippen molar-refractivity contribution in [3.8, 4) is 10.7 Å². The number of fused-ring (bicyclic) bond motifs is 1. The van der Waals surface area contributed by atoms with Crippen LogP contribution in [0.1, 0.15) is 16.3 Å². The van der Waals surface area contributed by atoms with Gasteiger partial charge in [-0.3, -0.25) is 0 Å². The van der Waals surface area contributed by atoms with E-state index in [-0.39, 0.29) is 0 Å². The molecule has 0 fully saturated rings. The first-order valence-electron chi connectivity index (χ1n) is 7.21. The van der Waals surface area contributed by atoms with Crippen molar-refractivity contribution in [1.29, 1.82) is 0 Å². The highest BCUT2D eigenvalue weighted by Crippen LogP contribution is 2.39. The lowest BCUT2D eigenvalue weighted by Crippen LogP contribution is -2.11. The molecule has 4 heterocycles. The Labute approximate surface area is 150 Å². The Balaban J connectivity index is 1.92. The first-order valence-corrected chi connectivity index (χ1v) is 9.72. The smallest absolute Gasteiger partial charge is 0.216 e. The highest BCUT2D eigenvalue weighted by Gasteiger charge is 2.19. The van der Waals surface area contributed by atoms with Crippen LogP contribution in [0.3, 0.4) is 0 Å². The molecular formula is C15H14N6S3. The van der Waals surface area contributed by atoms with Crippen molar-refractivity contribution >= 4 is 44.7 Å². The van der Waals surface area contributed by atoms with Gasteiger partial charge in [0, 0.05) is 10.3 Å². The Morgan fingerprint density at radius 1 is 1.17 bits per heavy atom. The molecule has 0 spiro atoms. The van der Waals surface area contributed by atoms with Crippen molar-refractivity contribution in [2.24, 2.45) is 0 Å². The summed E-state index contributed by atoms with van der Waals surface area (Å²) in [4.78, 5) is 12.8. The fraction of sp³-hybridized carbons (Fsp3) is 0.200. The lowest BCUT2D eigenvalue weighted by atomic mass is 10.2. The highest BCUT2D eigenvalue weighted by atomic mass is 32.2. The molecule has 0 saturated carbocycles. The van der Waals surface area contributed by atoms with Crippen LogP contribution < -0.4 is 5.84 Å². The van der Waals surface area contributed by atoms with Crippen LogP contribution in [0.25, 0.3) is 20.9 Å². The largest absolute Gasteiger partial charge is 0.336 e. The lowest BCUT2D eigenvalue weighted by molar-refractivity contribution is 0.824. The number of hydrogen-bond acceptors (Lipinski definition) is 8. The Kier molecular flexibility index (Phi) is 3.78. The Morgan fingerprint density at radius 3 is 2.67 bits per heavy atom. The lowest BCUT2D eigenvalue weighted by Gasteiger charge is -2.06. The zero-order valence-corrected chi connectivity index (χ0v) is 15.7. The predicted molar refractivity (Wildman–Crippen MR) is 99.2 cm³/mol. The van der Waals surface area contributed by atoms with E-state index in [2.05, 4.69) is 24.0 Å².